The van der Waals surface area contributed by atoms with Gasteiger partial charge in [-0.3, -0.25) is 14.9 Å². The first-order valence-electron chi connectivity index (χ1n) is 6.84. The molecule has 7 nitrogen and oxygen atoms in total. The fraction of sp³-hybridized carbons (Fsp3) is 0.500. The molecule has 21 heavy (non-hydrogen) atoms. The normalized spacial score (nSPS) is 15.5. The number of nitro benzene ring substituents is 1. The lowest BCUT2D eigenvalue weighted by molar-refractivity contribution is -0.385. The highest BCUT2D eigenvalue weighted by molar-refractivity contribution is 5.73. The number of aliphatic carboxylic acids is 1. The number of hydrogen-bond acceptors (Lipinski definition) is 5. The number of benzene rings is 1. The van der Waals surface area contributed by atoms with Gasteiger partial charge in [0.25, 0.3) is 0 Å². The van der Waals surface area contributed by atoms with Crippen molar-refractivity contribution in [1.82, 2.24) is 5.32 Å². The first-order valence-corrected chi connectivity index (χ1v) is 6.84. The number of nitrogens with zero attached hydrogens (tertiary/aromatic N) is 1. The maximum atomic E-state index is 11.1. The van der Waals surface area contributed by atoms with Gasteiger partial charge in [0.15, 0.2) is 5.75 Å². The van der Waals surface area contributed by atoms with Crippen LogP contribution >= 0.6 is 0 Å². The highest BCUT2D eigenvalue weighted by Crippen LogP contribution is 2.30. The number of carbonyl (C=O) groups is 1. The van der Waals surface area contributed by atoms with Crippen molar-refractivity contribution in [1.29, 1.82) is 0 Å². The Bertz CT molecular complexity index is 542. The molecule has 0 saturated heterocycles. The van der Waals surface area contributed by atoms with Crippen LogP contribution in [0.2, 0.25) is 0 Å². The van der Waals surface area contributed by atoms with Crippen molar-refractivity contribution in [2.45, 2.75) is 38.3 Å². The number of hydrogen-bond donors (Lipinski definition) is 2. The van der Waals surface area contributed by atoms with Crippen LogP contribution < -0.4 is 10.1 Å². The Morgan fingerprint density at radius 3 is 2.86 bits per heavy atom. The smallest absolute Gasteiger partial charge is 0.320 e. The zero-order valence-corrected chi connectivity index (χ0v) is 11.7. The van der Waals surface area contributed by atoms with E-state index in [2.05, 4.69) is 5.32 Å². The third-order valence-corrected chi connectivity index (χ3v) is 3.35. The van der Waals surface area contributed by atoms with Crippen LogP contribution in [0.25, 0.3) is 0 Å². The van der Waals surface area contributed by atoms with Crippen molar-refractivity contribution in [3.8, 4) is 5.75 Å². The van der Waals surface area contributed by atoms with Gasteiger partial charge >= 0.3 is 11.7 Å². The minimum Gasteiger partial charge on any atom is -0.487 e. The summed E-state index contributed by atoms with van der Waals surface area (Å²) in [6.45, 7) is 1.84. The molecule has 1 atom stereocenters. The van der Waals surface area contributed by atoms with Gasteiger partial charge in [0.05, 0.1) is 11.5 Å². The van der Waals surface area contributed by atoms with Crippen molar-refractivity contribution >= 4 is 11.7 Å². The fourth-order valence-corrected chi connectivity index (χ4v) is 2.06. The summed E-state index contributed by atoms with van der Waals surface area (Å²) < 4.78 is 5.47. The van der Waals surface area contributed by atoms with Crippen LogP contribution in [0.5, 0.6) is 5.75 Å². The van der Waals surface area contributed by atoms with Crippen LogP contribution in [-0.4, -0.2) is 34.7 Å². The predicted molar refractivity (Wildman–Crippen MR) is 75.5 cm³/mol. The van der Waals surface area contributed by atoms with E-state index in [9.17, 15) is 14.9 Å². The molecule has 0 amide bonds. The maximum absolute atomic E-state index is 11.1. The molecule has 2 N–H and O–H groups in total. The summed E-state index contributed by atoms with van der Waals surface area (Å²) in [5.41, 5.74) is 0.559. The van der Waals surface area contributed by atoms with Crippen molar-refractivity contribution in [3.05, 3.63) is 33.9 Å². The van der Waals surface area contributed by atoms with Gasteiger partial charge < -0.3 is 15.2 Å². The lowest BCUT2D eigenvalue weighted by Gasteiger charge is -2.15. The van der Waals surface area contributed by atoms with Crippen molar-refractivity contribution in [2.24, 2.45) is 0 Å². The third kappa shape index (κ3) is 4.16. The van der Waals surface area contributed by atoms with Gasteiger partial charge in [-0.05, 0) is 25.3 Å². The van der Waals surface area contributed by atoms with Crippen LogP contribution in [0, 0.1) is 17.0 Å². The van der Waals surface area contributed by atoms with Crippen LogP contribution in [0.4, 0.5) is 5.69 Å². The molecular weight excluding hydrogens is 276 g/mol. The molecule has 1 aromatic rings. The van der Waals surface area contributed by atoms with Crippen LogP contribution in [-0.2, 0) is 4.79 Å². The maximum Gasteiger partial charge on any atom is 0.320 e. The summed E-state index contributed by atoms with van der Waals surface area (Å²) in [5.74, 6) is -0.720. The van der Waals surface area contributed by atoms with Crippen LogP contribution in [0.1, 0.15) is 24.8 Å². The molecule has 1 fully saturated rings. The van der Waals surface area contributed by atoms with E-state index in [-0.39, 0.29) is 30.5 Å². The summed E-state index contributed by atoms with van der Waals surface area (Å²) in [7, 11) is 0. The van der Waals surface area contributed by atoms with E-state index in [4.69, 9.17) is 9.84 Å². The van der Waals surface area contributed by atoms with Crippen molar-refractivity contribution in [3.63, 3.8) is 0 Å². The lowest BCUT2D eigenvalue weighted by atomic mass is 10.2. The van der Waals surface area contributed by atoms with Crippen molar-refractivity contribution < 1.29 is 19.6 Å². The Morgan fingerprint density at radius 2 is 2.29 bits per heavy atom. The quantitative estimate of drug-likeness (QED) is 0.560. The van der Waals surface area contributed by atoms with Gasteiger partial charge in [-0.2, -0.15) is 0 Å². The molecule has 1 saturated carbocycles. The van der Waals surface area contributed by atoms with E-state index in [1.807, 2.05) is 0 Å². The van der Waals surface area contributed by atoms with E-state index >= 15 is 0 Å². The van der Waals surface area contributed by atoms with Gasteiger partial charge in [-0.1, -0.05) is 12.1 Å². The lowest BCUT2D eigenvalue weighted by Crippen LogP contribution is -2.39. The Labute approximate surface area is 122 Å². The second-order valence-corrected chi connectivity index (χ2v) is 5.15. The molecular formula is C14H18N2O5. The zero-order chi connectivity index (χ0) is 15.4. The summed E-state index contributed by atoms with van der Waals surface area (Å²) in [4.78, 5) is 21.6. The molecule has 1 aliphatic rings. The number of carboxylic acid groups (broad SMARTS) is 1. The molecule has 2 rings (SSSR count). The molecule has 1 aromatic carbocycles. The van der Waals surface area contributed by atoms with Gasteiger partial charge in [0.2, 0.25) is 0 Å². The van der Waals surface area contributed by atoms with E-state index in [0.717, 1.165) is 12.8 Å². The summed E-state index contributed by atoms with van der Waals surface area (Å²) >= 11 is 0. The molecule has 114 valence electrons. The molecule has 0 bridgehead atoms. The SMILES string of the molecule is Cc1cccc([N+](=O)[O-])c1OCCC(NC1CC1)C(=O)O. The Balaban J connectivity index is 1.95. The summed E-state index contributed by atoms with van der Waals surface area (Å²) in [6.07, 6.45) is 2.25. The second kappa shape index (κ2) is 6.53. The first-order chi connectivity index (χ1) is 9.99. The molecule has 1 unspecified atom stereocenters. The fourth-order valence-electron chi connectivity index (χ4n) is 2.06. The topological polar surface area (TPSA) is 102 Å². The molecule has 1 aliphatic carbocycles. The Kier molecular flexibility index (Phi) is 4.74. The molecule has 0 radical (unpaired) electrons. The van der Waals surface area contributed by atoms with Crippen LogP contribution in [0.3, 0.4) is 0 Å². The number of nitro groups is 1. The highest BCUT2D eigenvalue weighted by atomic mass is 16.6. The Hall–Kier alpha value is -2.15. The molecule has 0 aromatic heterocycles. The first kappa shape index (κ1) is 15.2. The van der Waals surface area contributed by atoms with Gasteiger partial charge in [-0.15, -0.1) is 0 Å². The van der Waals surface area contributed by atoms with Gasteiger partial charge in [0, 0.05) is 18.5 Å². The monoisotopic (exact) mass is 294 g/mol. The Morgan fingerprint density at radius 1 is 1.57 bits per heavy atom. The second-order valence-electron chi connectivity index (χ2n) is 5.15. The standard InChI is InChI=1S/C14H18N2O5/c1-9-3-2-4-12(16(19)20)13(9)21-8-7-11(14(17)18)15-10-5-6-10/h2-4,10-11,15H,5-8H2,1H3,(H,17,18). The summed E-state index contributed by atoms with van der Waals surface area (Å²) in [6, 6.07) is 4.29. The molecule has 0 aliphatic heterocycles. The minimum absolute atomic E-state index is 0.1000. The number of nitrogens with one attached hydrogen (secondary N) is 1. The minimum atomic E-state index is -0.926. The predicted octanol–water partition coefficient (Wildman–Crippen LogP) is 1.88. The molecule has 0 spiro atoms. The molecule has 7 heteroatoms. The van der Waals surface area contributed by atoms with Gasteiger partial charge in [-0.25, -0.2) is 0 Å². The van der Waals surface area contributed by atoms with Crippen molar-refractivity contribution in [2.75, 3.05) is 6.61 Å². The van der Waals surface area contributed by atoms with E-state index in [1.54, 1.807) is 19.1 Å². The largest absolute Gasteiger partial charge is 0.487 e. The van der Waals surface area contributed by atoms with Gasteiger partial charge in [0.1, 0.15) is 6.04 Å². The number of carboxylic acids is 1. The summed E-state index contributed by atoms with van der Waals surface area (Å²) in [5, 5.41) is 23.1. The average molecular weight is 294 g/mol. The number of rotatable bonds is 8. The highest BCUT2D eigenvalue weighted by Gasteiger charge is 2.28. The van der Waals surface area contributed by atoms with E-state index < -0.39 is 16.9 Å². The number of para-hydroxylation sites is 1. The van der Waals surface area contributed by atoms with E-state index in [0.29, 0.717) is 5.56 Å². The zero-order valence-electron chi connectivity index (χ0n) is 11.7. The molecule has 0 heterocycles. The number of aryl methyl sites for hydroxylation is 1. The number of ether oxygens (including phenoxy) is 1. The average Bonchev–Trinajstić information content (AvgIpc) is 3.22. The third-order valence-electron chi connectivity index (χ3n) is 3.35. The van der Waals surface area contributed by atoms with E-state index in [1.165, 1.54) is 6.07 Å². The van der Waals surface area contributed by atoms with Crippen LogP contribution in [0.15, 0.2) is 18.2 Å².